The van der Waals surface area contributed by atoms with Gasteiger partial charge in [0.25, 0.3) is 0 Å². The smallest absolute Gasteiger partial charge is 0.410 e. The maximum Gasteiger partial charge on any atom is 0.410 e. The Morgan fingerprint density at radius 1 is 1.26 bits per heavy atom. The lowest BCUT2D eigenvalue weighted by atomic mass is 9.84. The molecule has 10 nitrogen and oxygen atoms in total. The molecule has 1 saturated heterocycles. The normalized spacial score (nSPS) is 19.2. The van der Waals surface area contributed by atoms with Gasteiger partial charge in [-0.2, -0.15) is 0 Å². The van der Waals surface area contributed by atoms with E-state index < -0.39 is 5.60 Å². The summed E-state index contributed by atoms with van der Waals surface area (Å²) < 4.78 is 19.8. The number of rotatable bonds is 6. The number of nitrogens with two attached hydrogens (primary N) is 1. The second-order valence-corrected chi connectivity index (χ2v) is 13.2. The fraction of sp³-hybridized carbons (Fsp3) is 0.556. The Morgan fingerprint density at radius 2 is 2.00 bits per heavy atom. The van der Waals surface area contributed by atoms with Gasteiger partial charge in [-0.1, -0.05) is 25.6 Å². The van der Waals surface area contributed by atoms with Gasteiger partial charge in [0.05, 0.1) is 0 Å². The first kappa shape index (κ1) is 27.8. The average Bonchev–Trinajstić information content (AvgIpc) is 3.46. The van der Waals surface area contributed by atoms with Gasteiger partial charge in [-0.05, 0) is 79.9 Å². The Balaban J connectivity index is 1.36. The van der Waals surface area contributed by atoms with E-state index >= 15 is 0 Å². The van der Waals surface area contributed by atoms with E-state index in [0.717, 1.165) is 40.3 Å². The van der Waals surface area contributed by atoms with Crippen LogP contribution >= 0.6 is 27.7 Å². The second kappa shape index (κ2) is 11.0. The number of benzene rings is 1. The predicted molar refractivity (Wildman–Crippen MR) is 153 cm³/mol. The molecule has 2 atom stereocenters. The maximum absolute atomic E-state index is 12.9. The second-order valence-electron chi connectivity index (χ2n) is 11.4. The first-order chi connectivity index (χ1) is 18.5. The molecule has 5 rings (SSSR count). The highest BCUT2D eigenvalue weighted by Crippen LogP contribution is 2.43. The number of carbonyl (C=O) groups excluding carboxylic acids is 1. The Hall–Kier alpha value is -2.73. The van der Waals surface area contributed by atoms with Crippen molar-refractivity contribution in [2.24, 2.45) is 11.8 Å². The zero-order chi connectivity index (χ0) is 27.9. The van der Waals surface area contributed by atoms with Crippen LogP contribution < -0.4 is 15.2 Å². The van der Waals surface area contributed by atoms with Gasteiger partial charge in [0.15, 0.2) is 33.6 Å². The number of halogens is 1. The van der Waals surface area contributed by atoms with Gasteiger partial charge in [0.1, 0.15) is 11.9 Å². The fourth-order valence-electron chi connectivity index (χ4n) is 5.12. The van der Waals surface area contributed by atoms with Crippen LogP contribution in [0.1, 0.15) is 53.9 Å². The molecule has 1 amide bonds. The SMILES string of the molecule is CC(C)[C@H]1C[C@@H](CCn2c(Sc3cc4c(cc3Br)OCO4)nc3c(N)ncnc32)CCN1C(=O)OC(C)(C)C. The van der Waals surface area contributed by atoms with E-state index in [9.17, 15) is 4.79 Å². The highest BCUT2D eigenvalue weighted by atomic mass is 79.9. The Labute approximate surface area is 241 Å². The monoisotopic (exact) mass is 618 g/mol. The van der Waals surface area contributed by atoms with Gasteiger partial charge in [-0.15, -0.1) is 0 Å². The lowest BCUT2D eigenvalue weighted by Gasteiger charge is -2.42. The molecule has 0 aliphatic carbocycles. The van der Waals surface area contributed by atoms with Gasteiger partial charge < -0.3 is 29.4 Å². The number of amides is 1. The van der Waals surface area contributed by atoms with Crippen LogP contribution in [0.5, 0.6) is 11.5 Å². The maximum atomic E-state index is 12.9. The molecule has 0 radical (unpaired) electrons. The van der Waals surface area contributed by atoms with Crippen LogP contribution in [0.2, 0.25) is 0 Å². The third-order valence-corrected chi connectivity index (χ3v) is 9.04. The van der Waals surface area contributed by atoms with Gasteiger partial charge in [-0.3, -0.25) is 0 Å². The summed E-state index contributed by atoms with van der Waals surface area (Å²) in [5, 5.41) is 0.781. The van der Waals surface area contributed by atoms with Crippen LogP contribution in [-0.4, -0.2) is 55.5 Å². The number of hydrogen-bond acceptors (Lipinski definition) is 9. The molecule has 2 aromatic heterocycles. The van der Waals surface area contributed by atoms with Crippen LogP contribution in [0.25, 0.3) is 11.2 Å². The van der Waals surface area contributed by atoms with Crippen molar-refractivity contribution in [1.29, 1.82) is 0 Å². The number of imidazole rings is 1. The van der Waals surface area contributed by atoms with Crippen LogP contribution in [0, 0.1) is 11.8 Å². The summed E-state index contributed by atoms with van der Waals surface area (Å²) in [5.41, 5.74) is 6.98. The number of hydrogen-bond donors (Lipinski definition) is 1. The Morgan fingerprint density at radius 3 is 2.72 bits per heavy atom. The van der Waals surface area contributed by atoms with E-state index in [1.165, 1.54) is 18.1 Å². The molecule has 0 bridgehead atoms. The van der Waals surface area contributed by atoms with Crippen molar-refractivity contribution < 1.29 is 19.0 Å². The van der Waals surface area contributed by atoms with Crippen LogP contribution in [0.4, 0.5) is 10.6 Å². The summed E-state index contributed by atoms with van der Waals surface area (Å²) in [7, 11) is 0. The number of ether oxygens (including phenoxy) is 3. The minimum Gasteiger partial charge on any atom is -0.454 e. The molecule has 39 heavy (non-hydrogen) atoms. The number of carbonyl (C=O) groups is 1. The number of fused-ring (bicyclic) bond motifs is 2. The molecule has 2 aliphatic rings. The van der Waals surface area contributed by atoms with Crippen molar-refractivity contribution >= 4 is 50.8 Å². The first-order valence-corrected chi connectivity index (χ1v) is 14.8. The third-order valence-electron chi connectivity index (χ3n) is 7.07. The third kappa shape index (κ3) is 6.06. The topological polar surface area (TPSA) is 118 Å². The highest BCUT2D eigenvalue weighted by molar-refractivity contribution is 9.10. The molecule has 2 N–H and O–H groups in total. The largest absolute Gasteiger partial charge is 0.454 e. The molecule has 0 unspecified atom stereocenters. The van der Waals surface area contributed by atoms with E-state index in [1.807, 2.05) is 37.8 Å². The summed E-state index contributed by atoms with van der Waals surface area (Å²) in [6, 6.07) is 4.00. The van der Waals surface area contributed by atoms with Gasteiger partial charge in [-0.25, -0.2) is 19.7 Å². The molecule has 12 heteroatoms. The van der Waals surface area contributed by atoms with Crippen LogP contribution in [0.3, 0.4) is 0 Å². The summed E-state index contributed by atoms with van der Waals surface area (Å²) in [6.07, 6.45) is 4.03. The minimum atomic E-state index is -0.511. The van der Waals surface area contributed by atoms with Crippen LogP contribution in [0.15, 0.2) is 33.0 Å². The van der Waals surface area contributed by atoms with Gasteiger partial charge >= 0.3 is 6.09 Å². The summed E-state index contributed by atoms with van der Waals surface area (Å²) >= 11 is 5.18. The molecule has 4 heterocycles. The number of aromatic nitrogens is 4. The van der Waals surface area contributed by atoms with Crippen molar-refractivity contribution in [2.45, 2.75) is 82.1 Å². The fourth-order valence-corrected chi connectivity index (χ4v) is 6.62. The first-order valence-electron chi connectivity index (χ1n) is 13.2. The minimum absolute atomic E-state index is 0.134. The molecule has 3 aromatic rings. The quantitative estimate of drug-likeness (QED) is 0.349. The number of likely N-dealkylation sites (tertiary alicyclic amines) is 1. The molecule has 210 valence electrons. The molecular formula is C27H35BrN6O4S. The molecular weight excluding hydrogens is 584 g/mol. The zero-order valence-electron chi connectivity index (χ0n) is 22.9. The van der Waals surface area contributed by atoms with Crippen molar-refractivity contribution in [1.82, 2.24) is 24.4 Å². The van der Waals surface area contributed by atoms with E-state index in [0.29, 0.717) is 46.9 Å². The number of aryl methyl sites for hydroxylation is 1. The molecule has 2 aliphatic heterocycles. The molecule has 1 fully saturated rings. The number of nitrogens with zero attached hydrogens (tertiary/aromatic N) is 5. The van der Waals surface area contributed by atoms with E-state index in [4.69, 9.17) is 24.9 Å². The summed E-state index contributed by atoms with van der Waals surface area (Å²) in [6.45, 7) is 11.7. The highest BCUT2D eigenvalue weighted by Gasteiger charge is 2.36. The van der Waals surface area contributed by atoms with E-state index in [1.54, 1.807) is 0 Å². The van der Waals surface area contributed by atoms with Crippen LogP contribution in [-0.2, 0) is 11.3 Å². The number of nitrogen functional groups attached to an aromatic ring is 1. The summed E-state index contributed by atoms with van der Waals surface area (Å²) in [5.74, 6) is 2.56. The zero-order valence-corrected chi connectivity index (χ0v) is 25.3. The van der Waals surface area contributed by atoms with E-state index in [2.05, 4.69) is 44.3 Å². The van der Waals surface area contributed by atoms with Crippen molar-refractivity contribution in [3.63, 3.8) is 0 Å². The van der Waals surface area contributed by atoms with Crippen molar-refractivity contribution in [3.8, 4) is 11.5 Å². The Bertz CT molecular complexity index is 1370. The predicted octanol–water partition coefficient (Wildman–Crippen LogP) is 6.11. The van der Waals surface area contributed by atoms with Crippen molar-refractivity contribution in [3.05, 3.63) is 22.9 Å². The number of anilines is 1. The summed E-state index contributed by atoms with van der Waals surface area (Å²) in [4.78, 5) is 29.3. The lowest BCUT2D eigenvalue weighted by Crippen LogP contribution is -2.50. The van der Waals surface area contributed by atoms with E-state index in [-0.39, 0.29) is 18.9 Å². The lowest BCUT2D eigenvalue weighted by molar-refractivity contribution is -0.00334. The molecule has 0 saturated carbocycles. The Kier molecular flexibility index (Phi) is 7.87. The van der Waals surface area contributed by atoms with Gasteiger partial charge in [0, 0.05) is 28.5 Å². The van der Waals surface area contributed by atoms with Gasteiger partial charge in [0.2, 0.25) is 6.79 Å². The number of piperidine rings is 1. The molecule has 0 spiro atoms. The van der Waals surface area contributed by atoms with Crippen molar-refractivity contribution in [2.75, 3.05) is 19.1 Å². The molecule has 1 aromatic carbocycles. The standard InChI is InChI=1S/C27H35BrN6O4S/c1-15(2)18-10-16(6-8-33(18)26(35)38-27(3,4)5)7-9-34-24-22(23(29)30-13-31-24)32-25(34)39-21-12-20-19(11-17(21)28)36-14-37-20/h11-13,15-16,18H,6-10,14H2,1-5H3,(H2,29,30,31)/t16-,18-/m1/s1. The average molecular weight is 620 g/mol.